The van der Waals surface area contributed by atoms with Gasteiger partial charge in [0.2, 0.25) is 0 Å². The van der Waals surface area contributed by atoms with Gasteiger partial charge in [0.05, 0.1) is 5.56 Å². The molecule has 0 spiro atoms. The van der Waals surface area contributed by atoms with Gasteiger partial charge in [0.1, 0.15) is 5.82 Å². The van der Waals surface area contributed by atoms with Crippen molar-refractivity contribution >= 4 is 24.8 Å². The number of nitrogens with one attached hydrogen (secondary N) is 1. The van der Waals surface area contributed by atoms with Crippen molar-refractivity contribution in [2.45, 2.75) is 33.0 Å². The van der Waals surface area contributed by atoms with E-state index in [-0.39, 0.29) is 36.3 Å². The zero-order chi connectivity index (χ0) is 16.5. The van der Waals surface area contributed by atoms with Gasteiger partial charge in [-0.3, -0.25) is 4.90 Å². The Morgan fingerprint density at radius 1 is 1.00 bits per heavy atom. The van der Waals surface area contributed by atoms with Crippen LogP contribution in [0.2, 0.25) is 0 Å². The van der Waals surface area contributed by atoms with Crippen LogP contribution in [0.3, 0.4) is 0 Å². The van der Waals surface area contributed by atoms with E-state index in [9.17, 15) is 17.6 Å². The Labute approximate surface area is 152 Å². The van der Waals surface area contributed by atoms with E-state index in [0.717, 1.165) is 32.2 Å². The Morgan fingerprint density at radius 3 is 2.00 bits per heavy atom. The predicted octanol–water partition coefficient (Wildman–Crippen LogP) is 4.68. The second-order valence-corrected chi connectivity index (χ2v) is 6.83. The summed E-state index contributed by atoms with van der Waals surface area (Å²) in [5.41, 5.74) is -0.831. The molecule has 2 nitrogen and oxygen atoms in total. The Morgan fingerprint density at radius 2 is 1.54 bits per heavy atom. The van der Waals surface area contributed by atoms with Crippen LogP contribution >= 0.6 is 24.8 Å². The van der Waals surface area contributed by atoms with Gasteiger partial charge in [-0.05, 0) is 29.2 Å². The van der Waals surface area contributed by atoms with E-state index in [4.69, 9.17) is 0 Å². The monoisotopic (exact) mass is 390 g/mol. The Balaban J connectivity index is 0.00000264. The Bertz CT molecular complexity index is 524. The van der Waals surface area contributed by atoms with Gasteiger partial charge in [0.15, 0.2) is 0 Å². The molecule has 1 atom stereocenters. The minimum absolute atomic E-state index is 0. The van der Waals surface area contributed by atoms with E-state index < -0.39 is 17.6 Å². The first-order chi connectivity index (χ1) is 10.1. The van der Waals surface area contributed by atoms with Crippen LogP contribution in [0.1, 0.15) is 37.9 Å². The highest BCUT2D eigenvalue weighted by atomic mass is 35.5. The van der Waals surface area contributed by atoms with Crippen LogP contribution in [0, 0.1) is 11.2 Å². The number of rotatable bonds is 2. The largest absolute Gasteiger partial charge is 0.416 e. The molecule has 2 rings (SSSR count). The molecular formula is C16H24Cl2F4N2. The Kier molecular flexibility index (Phi) is 8.49. The highest BCUT2D eigenvalue weighted by Crippen LogP contribution is 2.40. The molecule has 0 bridgehead atoms. The zero-order valence-corrected chi connectivity index (χ0v) is 15.5. The van der Waals surface area contributed by atoms with Crippen molar-refractivity contribution < 1.29 is 17.6 Å². The van der Waals surface area contributed by atoms with Gasteiger partial charge >= 0.3 is 6.18 Å². The van der Waals surface area contributed by atoms with Crippen molar-refractivity contribution in [2.24, 2.45) is 5.41 Å². The van der Waals surface area contributed by atoms with E-state index in [0.29, 0.717) is 11.6 Å². The molecule has 1 fully saturated rings. The first-order valence-corrected chi connectivity index (χ1v) is 7.41. The van der Waals surface area contributed by atoms with E-state index in [1.54, 1.807) is 0 Å². The van der Waals surface area contributed by atoms with Crippen LogP contribution in [0.4, 0.5) is 17.6 Å². The summed E-state index contributed by atoms with van der Waals surface area (Å²) in [4.78, 5) is 2.13. The quantitative estimate of drug-likeness (QED) is 0.737. The van der Waals surface area contributed by atoms with E-state index in [2.05, 4.69) is 10.2 Å². The van der Waals surface area contributed by atoms with Crippen molar-refractivity contribution in [1.82, 2.24) is 10.2 Å². The maximum absolute atomic E-state index is 13.7. The fraction of sp³-hybridized carbons (Fsp3) is 0.625. The second kappa shape index (κ2) is 8.70. The number of piperazine rings is 1. The standard InChI is InChI=1S/C16H22F4N2.2ClH/c1-15(2,3)14(22-6-4-21-5-7-22)11-8-12(16(18,19)20)10-13(17)9-11;;/h8-10,14,21H,4-7H2,1-3H3;2*1H/t14-;;/m1../s1. The average molecular weight is 391 g/mol. The minimum atomic E-state index is -4.54. The fourth-order valence-electron chi connectivity index (χ4n) is 3.13. The SMILES string of the molecule is CC(C)(C)[C@@H](c1cc(F)cc(C(F)(F)F)c1)N1CCNCC1.Cl.Cl. The molecule has 1 saturated heterocycles. The molecule has 24 heavy (non-hydrogen) atoms. The van der Waals surface area contributed by atoms with E-state index in [1.165, 1.54) is 6.07 Å². The lowest BCUT2D eigenvalue weighted by Crippen LogP contribution is -2.48. The Hall–Kier alpha value is -0.560. The summed E-state index contributed by atoms with van der Waals surface area (Å²) in [5.74, 6) is -0.839. The summed E-state index contributed by atoms with van der Waals surface area (Å²) in [5, 5.41) is 3.22. The summed E-state index contributed by atoms with van der Waals surface area (Å²) >= 11 is 0. The van der Waals surface area contributed by atoms with Gasteiger partial charge in [-0.1, -0.05) is 20.8 Å². The smallest absolute Gasteiger partial charge is 0.314 e. The zero-order valence-electron chi connectivity index (χ0n) is 13.9. The predicted molar refractivity (Wildman–Crippen MR) is 92.5 cm³/mol. The van der Waals surface area contributed by atoms with Crippen molar-refractivity contribution in [2.75, 3.05) is 26.2 Å². The van der Waals surface area contributed by atoms with Crippen molar-refractivity contribution in [1.29, 1.82) is 0 Å². The lowest BCUT2D eigenvalue weighted by atomic mass is 9.80. The van der Waals surface area contributed by atoms with Crippen molar-refractivity contribution in [3.8, 4) is 0 Å². The maximum atomic E-state index is 13.7. The summed E-state index contributed by atoms with van der Waals surface area (Å²) in [6, 6.07) is 2.61. The van der Waals surface area contributed by atoms with Crippen LogP contribution < -0.4 is 5.32 Å². The lowest BCUT2D eigenvalue weighted by Gasteiger charge is -2.42. The summed E-state index contributed by atoms with van der Waals surface area (Å²) in [6.07, 6.45) is -4.54. The molecule has 8 heteroatoms. The van der Waals surface area contributed by atoms with Crippen LogP contribution in [0.5, 0.6) is 0 Å². The third-order valence-electron chi connectivity index (χ3n) is 3.90. The van der Waals surface area contributed by atoms with Gasteiger partial charge in [-0.25, -0.2) is 4.39 Å². The molecule has 1 aliphatic heterocycles. The fourth-order valence-corrected chi connectivity index (χ4v) is 3.13. The van der Waals surface area contributed by atoms with Crippen LogP contribution in [-0.2, 0) is 6.18 Å². The minimum Gasteiger partial charge on any atom is -0.314 e. The lowest BCUT2D eigenvalue weighted by molar-refractivity contribution is -0.137. The van der Waals surface area contributed by atoms with E-state index in [1.807, 2.05) is 20.8 Å². The van der Waals surface area contributed by atoms with Gasteiger partial charge in [0, 0.05) is 32.2 Å². The maximum Gasteiger partial charge on any atom is 0.416 e. The normalized spacial score (nSPS) is 17.6. The van der Waals surface area contributed by atoms with Gasteiger partial charge in [-0.15, -0.1) is 24.8 Å². The van der Waals surface area contributed by atoms with E-state index >= 15 is 0 Å². The summed E-state index contributed by atoms with van der Waals surface area (Å²) < 4.78 is 52.6. The number of hydrogen-bond acceptors (Lipinski definition) is 2. The molecule has 0 aliphatic carbocycles. The molecule has 1 aliphatic rings. The molecule has 0 saturated carbocycles. The summed E-state index contributed by atoms with van der Waals surface area (Å²) in [7, 11) is 0. The molecule has 0 radical (unpaired) electrons. The molecule has 1 aromatic rings. The third-order valence-corrected chi connectivity index (χ3v) is 3.90. The van der Waals surface area contributed by atoms with Crippen LogP contribution in [0.15, 0.2) is 18.2 Å². The molecule has 0 amide bonds. The van der Waals surface area contributed by atoms with Crippen LogP contribution in [0.25, 0.3) is 0 Å². The first-order valence-electron chi connectivity index (χ1n) is 7.41. The molecule has 1 heterocycles. The van der Waals surface area contributed by atoms with Gasteiger partial charge in [-0.2, -0.15) is 13.2 Å². The number of benzene rings is 1. The molecular weight excluding hydrogens is 367 g/mol. The highest BCUT2D eigenvalue weighted by molar-refractivity contribution is 5.85. The van der Waals surface area contributed by atoms with Crippen molar-refractivity contribution in [3.63, 3.8) is 0 Å². The third kappa shape index (κ3) is 5.76. The molecule has 0 unspecified atom stereocenters. The number of halogens is 6. The van der Waals surface area contributed by atoms with Gasteiger partial charge < -0.3 is 5.32 Å². The second-order valence-electron chi connectivity index (χ2n) is 6.83. The van der Waals surface area contributed by atoms with Crippen LogP contribution in [-0.4, -0.2) is 31.1 Å². The number of hydrogen-bond donors (Lipinski definition) is 1. The number of alkyl halides is 3. The van der Waals surface area contributed by atoms with Crippen molar-refractivity contribution in [3.05, 3.63) is 35.1 Å². The topological polar surface area (TPSA) is 15.3 Å². The summed E-state index contributed by atoms with van der Waals surface area (Å²) in [6.45, 7) is 8.95. The average Bonchev–Trinajstić information content (AvgIpc) is 2.36. The molecule has 140 valence electrons. The number of nitrogens with zero attached hydrogens (tertiary/aromatic N) is 1. The highest BCUT2D eigenvalue weighted by Gasteiger charge is 2.36. The molecule has 0 aromatic heterocycles. The molecule has 1 aromatic carbocycles. The first kappa shape index (κ1) is 23.4. The van der Waals surface area contributed by atoms with Gasteiger partial charge in [0.25, 0.3) is 0 Å². The molecule has 1 N–H and O–H groups in total.